The lowest BCUT2D eigenvalue weighted by atomic mass is 9.87. The third-order valence-corrected chi connectivity index (χ3v) is 4.42. The van der Waals surface area contributed by atoms with Crippen LogP contribution in [0.25, 0.3) is 0 Å². The molecule has 0 spiro atoms. The van der Waals surface area contributed by atoms with E-state index in [0.717, 1.165) is 5.92 Å². The summed E-state index contributed by atoms with van der Waals surface area (Å²) in [7, 11) is 0. The molecular formula is C18H29N. The molecule has 1 fully saturated rings. The van der Waals surface area contributed by atoms with Crippen molar-refractivity contribution in [1.82, 2.24) is 0 Å². The highest BCUT2D eigenvalue weighted by Crippen LogP contribution is 2.32. The molecule has 0 bridgehead atoms. The monoisotopic (exact) mass is 259 g/mol. The Hall–Kier alpha value is -0.820. The first kappa shape index (κ1) is 14.6. The number of benzene rings is 1. The summed E-state index contributed by atoms with van der Waals surface area (Å²) in [6.45, 7) is 4.54. The zero-order valence-corrected chi connectivity index (χ0v) is 12.6. The lowest BCUT2D eigenvalue weighted by Crippen LogP contribution is -2.21. The van der Waals surface area contributed by atoms with Crippen molar-refractivity contribution in [1.29, 1.82) is 0 Å². The molecule has 1 unspecified atom stereocenters. The third kappa shape index (κ3) is 4.35. The van der Waals surface area contributed by atoms with Crippen LogP contribution >= 0.6 is 0 Å². The van der Waals surface area contributed by atoms with E-state index >= 15 is 0 Å². The van der Waals surface area contributed by atoms with Gasteiger partial charge in [0.15, 0.2) is 0 Å². The minimum atomic E-state index is 0.242. The van der Waals surface area contributed by atoms with Crippen molar-refractivity contribution >= 4 is 0 Å². The van der Waals surface area contributed by atoms with Crippen LogP contribution in [-0.2, 0) is 6.42 Å². The van der Waals surface area contributed by atoms with Crippen molar-refractivity contribution in [2.45, 2.75) is 64.8 Å². The van der Waals surface area contributed by atoms with E-state index in [0.29, 0.717) is 5.92 Å². The summed E-state index contributed by atoms with van der Waals surface area (Å²) in [5.74, 6) is 1.42. The second-order valence-electron chi connectivity index (χ2n) is 6.62. The van der Waals surface area contributed by atoms with E-state index in [2.05, 4.69) is 38.1 Å². The van der Waals surface area contributed by atoms with Gasteiger partial charge in [-0.2, -0.15) is 0 Å². The molecule has 0 heterocycles. The smallest absolute Gasteiger partial charge is 0.0323 e. The Kier molecular flexibility index (Phi) is 5.45. The van der Waals surface area contributed by atoms with Gasteiger partial charge >= 0.3 is 0 Å². The lowest BCUT2D eigenvalue weighted by molar-refractivity contribution is 0.382. The summed E-state index contributed by atoms with van der Waals surface area (Å²) < 4.78 is 0. The molecule has 0 aromatic heterocycles. The van der Waals surface area contributed by atoms with E-state index in [1.165, 1.54) is 56.1 Å². The van der Waals surface area contributed by atoms with Gasteiger partial charge in [-0.25, -0.2) is 0 Å². The second-order valence-corrected chi connectivity index (χ2v) is 6.62. The summed E-state index contributed by atoms with van der Waals surface area (Å²) in [4.78, 5) is 0. The van der Waals surface area contributed by atoms with E-state index in [4.69, 9.17) is 5.73 Å². The van der Waals surface area contributed by atoms with Crippen LogP contribution in [0.15, 0.2) is 24.3 Å². The Balaban J connectivity index is 1.99. The Morgan fingerprint density at radius 3 is 2.11 bits per heavy atom. The molecule has 1 atom stereocenters. The molecule has 1 aromatic rings. The van der Waals surface area contributed by atoms with Gasteiger partial charge in [-0.05, 0) is 42.2 Å². The molecule has 1 aromatic carbocycles. The van der Waals surface area contributed by atoms with Gasteiger partial charge in [0.1, 0.15) is 0 Å². The van der Waals surface area contributed by atoms with Crippen LogP contribution in [0.4, 0.5) is 0 Å². The van der Waals surface area contributed by atoms with E-state index < -0.39 is 0 Å². The zero-order valence-electron chi connectivity index (χ0n) is 12.6. The fourth-order valence-electron chi connectivity index (χ4n) is 3.29. The van der Waals surface area contributed by atoms with Crippen molar-refractivity contribution in [3.05, 3.63) is 35.4 Å². The first-order valence-electron chi connectivity index (χ1n) is 8.01. The first-order valence-corrected chi connectivity index (χ1v) is 8.01. The van der Waals surface area contributed by atoms with Gasteiger partial charge in [0, 0.05) is 6.04 Å². The van der Waals surface area contributed by atoms with Gasteiger partial charge < -0.3 is 5.73 Å². The van der Waals surface area contributed by atoms with E-state index in [1.807, 2.05) is 0 Å². The van der Waals surface area contributed by atoms with E-state index in [9.17, 15) is 0 Å². The van der Waals surface area contributed by atoms with Crippen LogP contribution in [0.1, 0.15) is 69.5 Å². The largest absolute Gasteiger partial charge is 0.324 e. The Bertz CT molecular complexity index is 358. The number of nitrogens with two attached hydrogens (primary N) is 1. The molecule has 2 N–H and O–H groups in total. The normalized spacial score (nSPS) is 19.4. The molecule has 1 nitrogen and oxygen atoms in total. The van der Waals surface area contributed by atoms with Crippen LogP contribution in [0.2, 0.25) is 0 Å². The van der Waals surface area contributed by atoms with Crippen LogP contribution < -0.4 is 5.73 Å². The minimum absolute atomic E-state index is 0.242. The van der Waals surface area contributed by atoms with Crippen LogP contribution in [0.5, 0.6) is 0 Å². The average molecular weight is 259 g/mol. The summed E-state index contributed by atoms with van der Waals surface area (Å²) >= 11 is 0. The number of hydrogen-bond acceptors (Lipinski definition) is 1. The van der Waals surface area contributed by atoms with Crippen molar-refractivity contribution in [3.8, 4) is 0 Å². The standard InChI is InChI=1S/C18H29N/c1-14(2)13-15-9-11-17(12-10-15)18(19)16-7-5-3-4-6-8-16/h9-12,14,16,18H,3-8,13,19H2,1-2H3. The topological polar surface area (TPSA) is 26.0 Å². The van der Waals surface area contributed by atoms with Gasteiger partial charge in [0.25, 0.3) is 0 Å². The highest BCUT2D eigenvalue weighted by molar-refractivity contribution is 5.25. The van der Waals surface area contributed by atoms with Crippen molar-refractivity contribution in [3.63, 3.8) is 0 Å². The molecule has 1 aliphatic rings. The zero-order chi connectivity index (χ0) is 13.7. The molecule has 106 valence electrons. The van der Waals surface area contributed by atoms with Gasteiger partial charge in [0.2, 0.25) is 0 Å². The highest BCUT2D eigenvalue weighted by Gasteiger charge is 2.20. The summed E-state index contributed by atoms with van der Waals surface area (Å²) in [6, 6.07) is 9.30. The quantitative estimate of drug-likeness (QED) is 0.768. The van der Waals surface area contributed by atoms with Crippen molar-refractivity contribution < 1.29 is 0 Å². The molecule has 0 radical (unpaired) electrons. The lowest BCUT2D eigenvalue weighted by Gasteiger charge is -2.23. The predicted molar refractivity (Wildman–Crippen MR) is 83.1 cm³/mol. The maximum Gasteiger partial charge on any atom is 0.0323 e. The Morgan fingerprint density at radius 1 is 1.00 bits per heavy atom. The van der Waals surface area contributed by atoms with E-state index in [-0.39, 0.29) is 6.04 Å². The van der Waals surface area contributed by atoms with Gasteiger partial charge in [-0.1, -0.05) is 63.8 Å². The van der Waals surface area contributed by atoms with Gasteiger partial charge in [0.05, 0.1) is 0 Å². The summed E-state index contributed by atoms with van der Waals surface area (Å²) in [5, 5.41) is 0. The molecule has 2 rings (SSSR count). The van der Waals surface area contributed by atoms with Crippen LogP contribution in [0, 0.1) is 11.8 Å². The number of rotatable bonds is 4. The Labute approximate surface area is 118 Å². The summed E-state index contributed by atoms with van der Waals surface area (Å²) in [6.07, 6.45) is 9.32. The molecule has 19 heavy (non-hydrogen) atoms. The predicted octanol–water partition coefficient (Wildman–Crippen LogP) is 4.86. The van der Waals surface area contributed by atoms with Crippen molar-refractivity contribution in [2.75, 3.05) is 0 Å². The van der Waals surface area contributed by atoms with E-state index in [1.54, 1.807) is 0 Å². The first-order chi connectivity index (χ1) is 9.16. The average Bonchev–Trinajstić information content (AvgIpc) is 2.67. The van der Waals surface area contributed by atoms with Crippen LogP contribution in [0.3, 0.4) is 0 Å². The molecular weight excluding hydrogens is 230 g/mol. The van der Waals surface area contributed by atoms with Gasteiger partial charge in [-0.15, -0.1) is 0 Å². The minimum Gasteiger partial charge on any atom is -0.324 e. The Morgan fingerprint density at radius 2 is 1.58 bits per heavy atom. The fourth-order valence-corrected chi connectivity index (χ4v) is 3.29. The molecule has 0 aliphatic heterocycles. The highest BCUT2D eigenvalue weighted by atomic mass is 14.7. The van der Waals surface area contributed by atoms with Crippen LogP contribution in [-0.4, -0.2) is 0 Å². The molecule has 1 heteroatoms. The molecule has 0 amide bonds. The van der Waals surface area contributed by atoms with Crippen molar-refractivity contribution in [2.24, 2.45) is 17.6 Å². The molecule has 1 aliphatic carbocycles. The number of hydrogen-bond donors (Lipinski definition) is 1. The third-order valence-electron chi connectivity index (χ3n) is 4.42. The molecule has 0 saturated heterocycles. The SMILES string of the molecule is CC(C)Cc1ccc(C(N)C2CCCCCC2)cc1. The fraction of sp³-hybridized carbons (Fsp3) is 0.667. The molecule has 1 saturated carbocycles. The summed E-state index contributed by atoms with van der Waals surface area (Å²) in [5.41, 5.74) is 9.26. The maximum absolute atomic E-state index is 6.49. The maximum atomic E-state index is 6.49. The van der Waals surface area contributed by atoms with Gasteiger partial charge in [-0.3, -0.25) is 0 Å². The second kappa shape index (κ2) is 7.09.